The van der Waals surface area contributed by atoms with E-state index >= 15 is 0 Å². The van der Waals surface area contributed by atoms with Crippen molar-refractivity contribution in [1.29, 1.82) is 0 Å². The molecular formula is C10H6ClF3N2. The summed E-state index contributed by atoms with van der Waals surface area (Å²) in [6.45, 7) is 0. The summed E-state index contributed by atoms with van der Waals surface area (Å²) in [6.07, 6.45) is -3.78. The Hall–Kier alpha value is -1.36. The molecule has 0 spiro atoms. The van der Waals surface area contributed by atoms with Crippen LogP contribution in [0.25, 0.3) is 10.8 Å². The summed E-state index contributed by atoms with van der Waals surface area (Å²) in [5.41, 5.74) is 0.184. The molecule has 2 rings (SSSR count). The van der Waals surface area contributed by atoms with Crippen LogP contribution in [-0.4, -0.2) is 16.4 Å². The molecule has 0 aliphatic carbocycles. The van der Waals surface area contributed by atoms with Crippen LogP contribution in [0.5, 0.6) is 0 Å². The number of hydrogen-bond donors (Lipinski definition) is 0. The van der Waals surface area contributed by atoms with Crippen LogP contribution in [0.2, 0.25) is 5.15 Å². The zero-order chi connectivity index (χ0) is 11.8. The van der Waals surface area contributed by atoms with E-state index in [4.69, 9.17) is 11.6 Å². The summed E-state index contributed by atoms with van der Waals surface area (Å²) in [5.74, 6) is 0. The second kappa shape index (κ2) is 3.90. The molecule has 1 heterocycles. The van der Waals surface area contributed by atoms with E-state index in [1.54, 1.807) is 0 Å². The first-order valence-corrected chi connectivity index (χ1v) is 4.80. The van der Waals surface area contributed by atoms with Gasteiger partial charge in [-0.15, -0.1) is 5.10 Å². The summed E-state index contributed by atoms with van der Waals surface area (Å²) in [5, 5.41) is 8.54. The van der Waals surface area contributed by atoms with Crippen molar-refractivity contribution >= 4 is 22.4 Å². The summed E-state index contributed by atoms with van der Waals surface area (Å²) in [4.78, 5) is 0. The van der Waals surface area contributed by atoms with Gasteiger partial charge in [0, 0.05) is 10.8 Å². The van der Waals surface area contributed by atoms with Gasteiger partial charge in [0.1, 0.15) is 0 Å². The molecule has 1 aromatic heterocycles. The highest BCUT2D eigenvalue weighted by Crippen LogP contribution is 2.25. The summed E-state index contributed by atoms with van der Waals surface area (Å²) >= 11 is 5.75. The van der Waals surface area contributed by atoms with Gasteiger partial charge < -0.3 is 0 Å². The third kappa shape index (κ3) is 2.41. The van der Waals surface area contributed by atoms with Gasteiger partial charge in [0.15, 0.2) is 5.15 Å². The van der Waals surface area contributed by atoms with E-state index in [1.807, 2.05) is 0 Å². The monoisotopic (exact) mass is 246 g/mol. The van der Waals surface area contributed by atoms with Crippen LogP contribution in [0.3, 0.4) is 0 Å². The fraction of sp³-hybridized carbons (Fsp3) is 0.200. The fourth-order valence-corrected chi connectivity index (χ4v) is 1.66. The molecule has 2 aromatic rings. The molecule has 0 aliphatic rings. The summed E-state index contributed by atoms with van der Waals surface area (Å²) < 4.78 is 36.5. The van der Waals surface area contributed by atoms with Gasteiger partial charge in [-0.3, -0.25) is 0 Å². The van der Waals surface area contributed by atoms with Crippen LogP contribution in [0, 0.1) is 0 Å². The first-order valence-electron chi connectivity index (χ1n) is 4.42. The molecule has 0 fully saturated rings. The summed E-state index contributed by atoms with van der Waals surface area (Å²) in [7, 11) is 0. The minimum atomic E-state index is -4.21. The van der Waals surface area contributed by atoms with Crippen molar-refractivity contribution in [3.8, 4) is 0 Å². The number of benzene rings is 1. The van der Waals surface area contributed by atoms with Crippen molar-refractivity contribution in [1.82, 2.24) is 10.2 Å². The van der Waals surface area contributed by atoms with Gasteiger partial charge >= 0.3 is 6.18 Å². The van der Waals surface area contributed by atoms with Gasteiger partial charge in [-0.25, -0.2) is 0 Å². The minimum Gasteiger partial charge on any atom is -0.171 e. The lowest BCUT2D eigenvalue weighted by atomic mass is 10.1. The predicted octanol–water partition coefficient (Wildman–Crippen LogP) is 3.39. The largest absolute Gasteiger partial charge is 0.393 e. The van der Waals surface area contributed by atoms with Crippen LogP contribution >= 0.6 is 11.6 Å². The predicted molar refractivity (Wildman–Crippen MR) is 54.3 cm³/mol. The van der Waals surface area contributed by atoms with Crippen molar-refractivity contribution in [2.24, 2.45) is 0 Å². The van der Waals surface area contributed by atoms with Crippen molar-refractivity contribution < 1.29 is 13.2 Å². The minimum absolute atomic E-state index is 0.184. The number of alkyl halides is 3. The van der Waals surface area contributed by atoms with Crippen LogP contribution in [0.4, 0.5) is 13.2 Å². The quantitative estimate of drug-likeness (QED) is 0.771. The Labute approximate surface area is 94.1 Å². The Morgan fingerprint density at radius 2 is 2.00 bits per heavy atom. The number of nitrogens with zero attached hydrogens (tertiary/aromatic N) is 2. The van der Waals surface area contributed by atoms with Gasteiger partial charge in [-0.1, -0.05) is 23.7 Å². The maximum absolute atomic E-state index is 12.2. The number of aromatic nitrogens is 2. The van der Waals surface area contributed by atoms with Crippen LogP contribution < -0.4 is 0 Å². The van der Waals surface area contributed by atoms with Crippen molar-refractivity contribution in [2.45, 2.75) is 12.6 Å². The molecule has 0 saturated carbocycles. The second-order valence-corrected chi connectivity index (χ2v) is 3.71. The highest BCUT2D eigenvalue weighted by molar-refractivity contribution is 6.34. The molecule has 0 atom stereocenters. The first kappa shape index (κ1) is 11.1. The Balaban J connectivity index is 2.45. The topological polar surface area (TPSA) is 25.8 Å². The third-order valence-corrected chi connectivity index (χ3v) is 2.36. The Morgan fingerprint density at radius 1 is 1.25 bits per heavy atom. The maximum Gasteiger partial charge on any atom is 0.393 e. The molecule has 0 radical (unpaired) electrons. The van der Waals surface area contributed by atoms with Crippen molar-refractivity contribution in [3.05, 3.63) is 35.1 Å². The van der Waals surface area contributed by atoms with Gasteiger partial charge in [0.25, 0.3) is 0 Å². The van der Waals surface area contributed by atoms with Crippen LogP contribution in [0.1, 0.15) is 5.56 Å². The van der Waals surface area contributed by atoms with E-state index in [1.165, 1.54) is 24.4 Å². The third-order valence-electron chi connectivity index (χ3n) is 2.09. The van der Waals surface area contributed by atoms with E-state index in [0.717, 1.165) is 0 Å². The van der Waals surface area contributed by atoms with E-state index in [0.29, 0.717) is 10.8 Å². The number of rotatable bonds is 1. The molecule has 0 unspecified atom stereocenters. The average Bonchev–Trinajstić information content (AvgIpc) is 2.15. The molecule has 6 heteroatoms. The molecule has 84 valence electrons. The molecule has 0 amide bonds. The van der Waals surface area contributed by atoms with E-state index < -0.39 is 12.6 Å². The zero-order valence-corrected chi connectivity index (χ0v) is 8.68. The van der Waals surface area contributed by atoms with Gasteiger partial charge in [-0.2, -0.15) is 18.3 Å². The number of fused-ring (bicyclic) bond motifs is 1. The van der Waals surface area contributed by atoms with E-state index in [2.05, 4.69) is 10.2 Å². The molecule has 0 saturated heterocycles. The normalized spacial score (nSPS) is 12.0. The number of halogens is 4. The average molecular weight is 247 g/mol. The number of hydrogen-bond acceptors (Lipinski definition) is 2. The SMILES string of the molecule is FC(F)(F)Cc1ccc2c(Cl)nncc2c1. The lowest BCUT2D eigenvalue weighted by Crippen LogP contribution is -2.11. The van der Waals surface area contributed by atoms with Crippen LogP contribution in [-0.2, 0) is 6.42 Å². The standard InChI is InChI=1S/C10H6ClF3N2/c11-9-8-2-1-6(4-10(12,13)14)3-7(8)5-15-16-9/h1-3,5H,4H2. The zero-order valence-electron chi connectivity index (χ0n) is 7.92. The van der Waals surface area contributed by atoms with Gasteiger partial charge in [-0.05, 0) is 11.6 Å². The summed E-state index contributed by atoms with van der Waals surface area (Å²) in [6, 6.07) is 4.33. The lowest BCUT2D eigenvalue weighted by molar-refractivity contribution is -0.127. The van der Waals surface area contributed by atoms with Crippen LogP contribution in [0.15, 0.2) is 24.4 Å². The molecule has 0 bridgehead atoms. The van der Waals surface area contributed by atoms with Crippen molar-refractivity contribution in [2.75, 3.05) is 0 Å². The molecule has 2 nitrogen and oxygen atoms in total. The van der Waals surface area contributed by atoms with E-state index in [9.17, 15) is 13.2 Å². The van der Waals surface area contributed by atoms with Gasteiger partial charge in [0.2, 0.25) is 0 Å². The molecule has 16 heavy (non-hydrogen) atoms. The van der Waals surface area contributed by atoms with Gasteiger partial charge in [0.05, 0.1) is 12.6 Å². The smallest absolute Gasteiger partial charge is 0.171 e. The Bertz CT molecular complexity index is 525. The van der Waals surface area contributed by atoms with Crippen molar-refractivity contribution in [3.63, 3.8) is 0 Å². The Morgan fingerprint density at radius 3 is 2.69 bits per heavy atom. The highest BCUT2D eigenvalue weighted by Gasteiger charge is 2.27. The Kier molecular flexibility index (Phi) is 2.71. The lowest BCUT2D eigenvalue weighted by Gasteiger charge is -2.07. The fourth-order valence-electron chi connectivity index (χ4n) is 1.44. The molecule has 0 N–H and O–H groups in total. The first-order chi connectivity index (χ1) is 7.46. The highest BCUT2D eigenvalue weighted by atomic mass is 35.5. The molecule has 1 aromatic carbocycles. The molecule has 0 aliphatic heterocycles. The van der Waals surface area contributed by atoms with E-state index in [-0.39, 0.29) is 10.7 Å². The molecular weight excluding hydrogens is 241 g/mol. The maximum atomic E-state index is 12.2. The second-order valence-electron chi connectivity index (χ2n) is 3.35.